The lowest BCUT2D eigenvalue weighted by molar-refractivity contribution is -0.0583. The lowest BCUT2D eigenvalue weighted by Crippen LogP contribution is -2.51. The highest BCUT2D eigenvalue weighted by Crippen LogP contribution is 2.71. The van der Waals surface area contributed by atoms with Crippen LogP contribution in [-0.2, 0) is 4.43 Å². The topological polar surface area (TPSA) is 9.23 Å². The van der Waals surface area contributed by atoms with Crippen molar-refractivity contribution in [1.82, 2.24) is 0 Å². The molecule has 0 aromatic heterocycles. The van der Waals surface area contributed by atoms with Crippen molar-refractivity contribution in [2.24, 2.45) is 63.6 Å². The fraction of sp³-hybridized carbons (Fsp3) is 0.939. The predicted molar refractivity (Wildman–Crippen MR) is 153 cm³/mol. The standard InChI is InChI=1S/C33H58OSi/c1-21(2)23(4)33(7)20-30(33)22(3)27-13-14-28-26-12-11-24-19-25(34-35(8,9)10)15-17-31(24,5)29(26)16-18-32(27,28)6/h11,21-23,25-30H,12-20H2,1-10H3/t22-,23+,25-,26-,27+,28-,29-,30+,31-,32+,33+/m0/s1. The van der Waals surface area contributed by atoms with Gasteiger partial charge in [0.2, 0.25) is 0 Å². The maximum atomic E-state index is 6.61. The SMILES string of the molecule is CC(C)[C@@H](C)[C@@]1(C)C[C@@H]1[C@@H](C)[C@H]1CC[C@H]2[C@@H]3CC=C4C[C@@H](O[Si](C)(C)C)CC[C@]4(C)[C@H]3CC[C@]12C. The first-order valence-corrected chi connectivity index (χ1v) is 19.0. The molecule has 0 heterocycles. The highest BCUT2D eigenvalue weighted by Gasteiger charge is 2.63. The Balaban J connectivity index is 1.31. The summed E-state index contributed by atoms with van der Waals surface area (Å²) in [7, 11) is -1.46. The van der Waals surface area contributed by atoms with Crippen LogP contribution in [0.1, 0.15) is 106 Å². The van der Waals surface area contributed by atoms with Gasteiger partial charge in [-0.05, 0) is 141 Å². The van der Waals surface area contributed by atoms with Crippen molar-refractivity contribution in [2.75, 3.05) is 0 Å². The van der Waals surface area contributed by atoms with E-state index >= 15 is 0 Å². The second-order valence-corrected chi connectivity index (χ2v) is 20.8. The van der Waals surface area contributed by atoms with E-state index in [2.05, 4.69) is 74.2 Å². The Bertz CT molecular complexity index is 839. The number of hydrogen-bond acceptors (Lipinski definition) is 1. The zero-order valence-electron chi connectivity index (χ0n) is 25.0. The molecule has 5 aliphatic carbocycles. The molecule has 0 bridgehead atoms. The predicted octanol–water partition coefficient (Wildman–Crippen LogP) is 9.74. The molecule has 5 aliphatic rings. The van der Waals surface area contributed by atoms with Gasteiger partial charge >= 0.3 is 0 Å². The van der Waals surface area contributed by atoms with Crippen LogP contribution in [0.15, 0.2) is 11.6 Å². The van der Waals surface area contributed by atoms with Crippen LogP contribution in [0, 0.1) is 63.6 Å². The van der Waals surface area contributed by atoms with Gasteiger partial charge in [-0.15, -0.1) is 0 Å². The largest absolute Gasteiger partial charge is 0.414 e. The van der Waals surface area contributed by atoms with Crippen molar-refractivity contribution >= 4 is 8.32 Å². The van der Waals surface area contributed by atoms with Crippen LogP contribution < -0.4 is 0 Å². The van der Waals surface area contributed by atoms with E-state index in [1.54, 1.807) is 5.57 Å². The van der Waals surface area contributed by atoms with Gasteiger partial charge in [-0.25, -0.2) is 0 Å². The minimum atomic E-state index is -1.46. The maximum Gasteiger partial charge on any atom is 0.184 e. The molecule has 0 aromatic rings. The fourth-order valence-electron chi connectivity index (χ4n) is 10.9. The average Bonchev–Trinajstić information content (AvgIpc) is 3.33. The minimum Gasteiger partial charge on any atom is -0.414 e. The van der Waals surface area contributed by atoms with Gasteiger partial charge in [0.05, 0.1) is 0 Å². The summed E-state index contributed by atoms with van der Waals surface area (Å²) >= 11 is 0. The van der Waals surface area contributed by atoms with E-state index < -0.39 is 8.32 Å². The van der Waals surface area contributed by atoms with Crippen LogP contribution in [0.3, 0.4) is 0 Å². The molecule has 0 amide bonds. The fourth-order valence-corrected chi connectivity index (χ4v) is 12.1. The third-order valence-corrected chi connectivity index (χ3v) is 14.3. The van der Waals surface area contributed by atoms with E-state index in [0.717, 1.165) is 47.3 Å². The molecule has 200 valence electrons. The highest BCUT2D eigenvalue weighted by molar-refractivity contribution is 6.69. The van der Waals surface area contributed by atoms with Gasteiger partial charge < -0.3 is 4.43 Å². The molecular formula is C33H58OSi. The molecule has 0 unspecified atom stereocenters. The molecule has 0 aromatic carbocycles. The number of fused-ring (bicyclic) bond motifs is 5. The lowest BCUT2D eigenvalue weighted by Gasteiger charge is -2.58. The van der Waals surface area contributed by atoms with Gasteiger partial charge in [-0.3, -0.25) is 0 Å². The van der Waals surface area contributed by atoms with Crippen molar-refractivity contribution in [3.8, 4) is 0 Å². The molecule has 35 heavy (non-hydrogen) atoms. The molecule has 0 aliphatic heterocycles. The summed E-state index contributed by atoms with van der Waals surface area (Å²) in [5.74, 6) is 7.34. The first kappa shape index (κ1) is 26.5. The molecule has 4 fully saturated rings. The van der Waals surface area contributed by atoms with Gasteiger partial charge in [0.25, 0.3) is 0 Å². The van der Waals surface area contributed by atoms with Crippen molar-refractivity contribution < 1.29 is 4.43 Å². The van der Waals surface area contributed by atoms with Crippen molar-refractivity contribution in [1.29, 1.82) is 0 Å². The smallest absolute Gasteiger partial charge is 0.184 e. The summed E-state index contributed by atoms with van der Waals surface area (Å²) in [4.78, 5) is 0. The first-order chi connectivity index (χ1) is 16.2. The second kappa shape index (κ2) is 8.72. The average molecular weight is 499 g/mol. The Morgan fingerprint density at radius 3 is 2.26 bits per heavy atom. The highest BCUT2D eigenvalue weighted by atomic mass is 28.4. The molecule has 11 atom stereocenters. The normalized spacial score (nSPS) is 49.1. The van der Waals surface area contributed by atoms with E-state index in [4.69, 9.17) is 4.43 Å². The second-order valence-electron chi connectivity index (χ2n) is 16.3. The zero-order chi connectivity index (χ0) is 25.6. The minimum absolute atomic E-state index is 0.453. The lowest BCUT2D eigenvalue weighted by atomic mass is 9.47. The number of hydrogen-bond donors (Lipinski definition) is 0. The molecule has 4 saturated carbocycles. The summed E-state index contributed by atoms with van der Waals surface area (Å²) < 4.78 is 6.61. The first-order valence-electron chi connectivity index (χ1n) is 15.6. The van der Waals surface area contributed by atoms with E-state index in [-0.39, 0.29) is 0 Å². The van der Waals surface area contributed by atoms with E-state index in [1.165, 1.54) is 57.8 Å². The van der Waals surface area contributed by atoms with Crippen LogP contribution in [0.25, 0.3) is 0 Å². The molecule has 0 saturated heterocycles. The van der Waals surface area contributed by atoms with E-state index in [9.17, 15) is 0 Å². The molecule has 5 rings (SSSR count). The molecule has 2 heteroatoms. The van der Waals surface area contributed by atoms with E-state index in [0.29, 0.717) is 22.3 Å². The Labute approximate surface area is 219 Å². The third-order valence-electron chi connectivity index (χ3n) is 13.3. The van der Waals surface area contributed by atoms with E-state index in [1.807, 2.05) is 0 Å². The maximum absolute atomic E-state index is 6.61. The summed E-state index contributed by atoms with van der Waals surface area (Å²) in [5.41, 5.74) is 3.43. The Hall–Kier alpha value is -0.0831. The number of rotatable bonds is 6. The zero-order valence-corrected chi connectivity index (χ0v) is 26.0. The van der Waals surface area contributed by atoms with Crippen LogP contribution in [-0.4, -0.2) is 14.4 Å². The van der Waals surface area contributed by atoms with Crippen LogP contribution in [0.5, 0.6) is 0 Å². The molecule has 0 spiro atoms. The van der Waals surface area contributed by atoms with Crippen molar-refractivity contribution in [2.45, 2.75) is 132 Å². The summed E-state index contributed by atoms with van der Waals surface area (Å²) in [6, 6.07) is 0. The van der Waals surface area contributed by atoms with Gasteiger partial charge in [0.1, 0.15) is 0 Å². The molecule has 0 N–H and O–H groups in total. The van der Waals surface area contributed by atoms with Crippen LogP contribution in [0.2, 0.25) is 19.6 Å². The van der Waals surface area contributed by atoms with Crippen LogP contribution in [0.4, 0.5) is 0 Å². The van der Waals surface area contributed by atoms with Gasteiger partial charge in [-0.1, -0.05) is 60.1 Å². The van der Waals surface area contributed by atoms with Crippen LogP contribution >= 0.6 is 0 Å². The molecule has 1 nitrogen and oxygen atoms in total. The van der Waals surface area contributed by atoms with Gasteiger partial charge in [0.15, 0.2) is 8.32 Å². The van der Waals surface area contributed by atoms with Gasteiger partial charge in [0, 0.05) is 6.10 Å². The third kappa shape index (κ3) is 4.27. The quantitative estimate of drug-likeness (QED) is 0.261. The van der Waals surface area contributed by atoms with Crippen molar-refractivity contribution in [3.63, 3.8) is 0 Å². The summed E-state index contributed by atoms with van der Waals surface area (Å²) in [6.45, 7) is 25.2. The molecular weight excluding hydrogens is 440 g/mol. The van der Waals surface area contributed by atoms with Gasteiger partial charge in [-0.2, -0.15) is 0 Å². The monoisotopic (exact) mass is 498 g/mol. The summed E-state index contributed by atoms with van der Waals surface area (Å²) in [6.07, 6.45) is 16.0. The summed E-state index contributed by atoms with van der Waals surface area (Å²) in [5, 5.41) is 0. The number of allylic oxidation sites excluding steroid dienone is 1. The molecule has 0 radical (unpaired) electrons. The Kier molecular flexibility index (Phi) is 6.61. The Morgan fingerprint density at radius 2 is 1.60 bits per heavy atom. The Morgan fingerprint density at radius 1 is 0.886 bits per heavy atom. The van der Waals surface area contributed by atoms with Crippen molar-refractivity contribution in [3.05, 3.63) is 11.6 Å².